The molecule has 1 heterocycles. The minimum atomic E-state index is -0.0178. The van der Waals surface area contributed by atoms with Crippen LogP contribution in [0.5, 0.6) is 17.2 Å². The molecular weight excluding hydrogens is 326 g/mol. The number of benzene rings is 2. The van der Waals surface area contributed by atoms with Crippen LogP contribution in [0.1, 0.15) is 17.3 Å². The molecule has 0 unspecified atom stereocenters. The van der Waals surface area contributed by atoms with E-state index < -0.39 is 0 Å². The van der Waals surface area contributed by atoms with Crippen molar-refractivity contribution < 1.29 is 19.1 Å². The molecule has 2 aromatic rings. The van der Waals surface area contributed by atoms with Gasteiger partial charge in [-0.3, -0.25) is 4.79 Å². The van der Waals surface area contributed by atoms with Crippen LogP contribution >= 0.6 is 11.8 Å². The molecule has 0 atom stereocenters. The molecule has 0 amide bonds. The number of carbonyl (C=O) groups excluding carboxylic acids is 1. The molecule has 0 aromatic heterocycles. The summed E-state index contributed by atoms with van der Waals surface area (Å²) in [5, 5.41) is 1.62. The average Bonchev–Trinajstić information content (AvgIpc) is 2.61. The van der Waals surface area contributed by atoms with Crippen molar-refractivity contribution in [2.75, 3.05) is 31.6 Å². The van der Waals surface area contributed by atoms with Gasteiger partial charge in [0, 0.05) is 11.0 Å². The molecule has 0 radical (unpaired) electrons. The molecule has 126 valence electrons. The number of rotatable bonds is 5. The number of hydrogen-bond acceptors (Lipinski definition) is 6. The largest absolute Gasteiger partial charge is 0.493 e. The molecular formula is C18H19NO4S. The van der Waals surface area contributed by atoms with E-state index in [9.17, 15) is 4.79 Å². The maximum absolute atomic E-state index is 12.6. The third kappa shape index (κ3) is 3.01. The highest BCUT2D eigenvalue weighted by Crippen LogP contribution is 2.39. The molecule has 2 aromatic carbocycles. The molecule has 0 N–H and O–H groups in total. The van der Waals surface area contributed by atoms with Gasteiger partial charge >= 0.3 is 0 Å². The van der Waals surface area contributed by atoms with Crippen molar-refractivity contribution in [2.24, 2.45) is 0 Å². The molecule has 1 aliphatic heterocycles. The second kappa shape index (κ2) is 7.05. The summed E-state index contributed by atoms with van der Waals surface area (Å²) in [5.41, 5.74) is 1.38. The standard InChI is InChI=1S/C18H19NO4S/c1-4-22-17-9-12-14(20)11-19(23-15(12)10-16(17)21-2)13-7-5-6-8-18(13)24-3/h5-10H,4,11H2,1-3H3. The van der Waals surface area contributed by atoms with Crippen LogP contribution in [-0.2, 0) is 0 Å². The maximum atomic E-state index is 12.6. The number of ketones is 1. The number of fused-ring (bicyclic) bond motifs is 1. The lowest BCUT2D eigenvalue weighted by Gasteiger charge is -2.30. The lowest BCUT2D eigenvalue weighted by atomic mass is 10.1. The van der Waals surface area contributed by atoms with Crippen molar-refractivity contribution >= 4 is 23.2 Å². The van der Waals surface area contributed by atoms with E-state index in [1.807, 2.05) is 37.4 Å². The van der Waals surface area contributed by atoms with Crippen molar-refractivity contribution in [1.29, 1.82) is 0 Å². The Morgan fingerprint density at radius 1 is 1.25 bits per heavy atom. The molecule has 24 heavy (non-hydrogen) atoms. The average molecular weight is 345 g/mol. The normalized spacial score (nSPS) is 13.3. The lowest BCUT2D eigenvalue weighted by Crippen LogP contribution is -2.38. The Kier molecular flexibility index (Phi) is 4.85. The Morgan fingerprint density at radius 2 is 2.04 bits per heavy atom. The Bertz CT molecular complexity index is 763. The summed E-state index contributed by atoms with van der Waals surface area (Å²) in [4.78, 5) is 19.6. The highest BCUT2D eigenvalue weighted by Gasteiger charge is 2.28. The molecule has 0 aliphatic carbocycles. The van der Waals surface area contributed by atoms with Gasteiger partial charge in [-0.25, -0.2) is 5.06 Å². The van der Waals surface area contributed by atoms with Crippen LogP contribution in [0.15, 0.2) is 41.3 Å². The SMILES string of the molecule is CCOc1cc2c(cc1OC)ON(c1ccccc1SC)CC2=O. The van der Waals surface area contributed by atoms with E-state index in [1.165, 1.54) is 0 Å². The molecule has 1 aliphatic rings. The first-order valence-electron chi connectivity index (χ1n) is 7.64. The second-order valence-corrected chi connectivity index (χ2v) is 6.00. The Labute approximate surface area is 145 Å². The van der Waals surface area contributed by atoms with Crippen LogP contribution in [0.2, 0.25) is 0 Å². The molecule has 6 heteroatoms. The summed E-state index contributed by atoms with van der Waals surface area (Å²) in [6, 6.07) is 11.2. The molecule has 0 saturated heterocycles. The maximum Gasteiger partial charge on any atom is 0.189 e. The number of methoxy groups -OCH3 is 1. The van der Waals surface area contributed by atoms with Gasteiger partial charge in [-0.2, -0.15) is 0 Å². The topological polar surface area (TPSA) is 48.0 Å². The van der Waals surface area contributed by atoms with E-state index in [0.717, 1.165) is 10.6 Å². The van der Waals surface area contributed by atoms with Gasteiger partial charge in [-0.05, 0) is 31.4 Å². The zero-order valence-corrected chi connectivity index (χ0v) is 14.7. The first kappa shape index (κ1) is 16.5. The highest BCUT2D eigenvalue weighted by atomic mass is 32.2. The van der Waals surface area contributed by atoms with Crippen molar-refractivity contribution in [3.05, 3.63) is 42.0 Å². The van der Waals surface area contributed by atoms with Crippen molar-refractivity contribution in [2.45, 2.75) is 11.8 Å². The number of para-hydroxylation sites is 1. The first-order chi connectivity index (χ1) is 11.7. The van der Waals surface area contributed by atoms with Crippen LogP contribution in [0.25, 0.3) is 0 Å². The number of thioether (sulfide) groups is 1. The van der Waals surface area contributed by atoms with Crippen LogP contribution < -0.4 is 19.4 Å². The first-order valence-corrected chi connectivity index (χ1v) is 8.87. The second-order valence-electron chi connectivity index (χ2n) is 5.16. The quantitative estimate of drug-likeness (QED) is 0.768. The molecule has 5 nitrogen and oxygen atoms in total. The Hall–Kier alpha value is -2.34. The van der Waals surface area contributed by atoms with Gasteiger partial charge in [-0.15, -0.1) is 11.8 Å². The highest BCUT2D eigenvalue weighted by molar-refractivity contribution is 7.98. The van der Waals surface area contributed by atoms with Gasteiger partial charge in [0.25, 0.3) is 0 Å². The number of hydrogen-bond donors (Lipinski definition) is 0. The van der Waals surface area contributed by atoms with E-state index >= 15 is 0 Å². The zero-order chi connectivity index (χ0) is 17.1. The predicted molar refractivity (Wildman–Crippen MR) is 94.7 cm³/mol. The van der Waals surface area contributed by atoms with Gasteiger partial charge in [0.2, 0.25) is 0 Å². The number of hydroxylamine groups is 1. The third-order valence-electron chi connectivity index (χ3n) is 3.72. The Morgan fingerprint density at radius 3 is 2.75 bits per heavy atom. The fourth-order valence-electron chi connectivity index (χ4n) is 2.60. The summed E-state index contributed by atoms with van der Waals surface area (Å²) in [5.74, 6) is 1.55. The van der Waals surface area contributed by atoms with E-state index in [4.69, 9.17) is 14.3 Å². The van der Waals surface area contributed by atoms with Gasteiger partial charge < -0.3 is 14.3 Å². The zero-order valence-electron chi connectivity index (χ0n) is 13.9. The summed E-state index contributed by atoms with van der Waals surface area (Å²) in [7, 11) is 1.57. The number of carbonyl (C=O) groups is 1. The fraction of sp³-hybridized carbons (Fsp3) is 0.278. The molecule has 0 spiro atoms. The number of Topliss-reactive ketones (excluding diaryl/α,β-unsaturated/α-hetero) is 1. The molecule has 0 bridgehead atoms. The van der Waals surface area contributed by atoms with Crippen molar-refractivity contribution in [3.63, 3.8) is 0 Å². The van der Waals surface area contributed by atoms with Gasteiger partial charge in [0.1, 0.15) is 6.54 Å². The molecule has 0 fully saturated rings. The summed E-state index contributed by atoms with van der Waals surface area (Å²) >= 11 is 1.61. The minimum absolute atomic E-state index is 0.0178. The number of ether oxygens (including phenoxy) is 2. The monoisotopic (exact) mass is 345 g/mol. The van der Waals surface area contributed by atoms with E-state index in [0.29, 0.717) is 29.4 Å². The molecule has 0 saturated carbocycles. The summed E-state index contributed by atoms with van der Waals surface area (Å²) in [6.07, 6.45) is 2.00. The van der Waals surface area contributed by atoms with Crippen molar-refractivity contribution in [3.8, 4) is 17.2 Å². The van der Waals surface area contributed by atoms with Crippen LogP contribution in [0.3, 0.4) is 0 Å². The van der Waals surface area contributed by atoms with Gasteiger partial charge in [0.05, 0.1) is 25.0 Å². The summed E-state index contributed by atoms with van der Waals surface area (Å²) in [6.45, 7) is 2.54. The third-order valence-corrected chi connectivity index (χ3v) is 4.50. The number of anilines is 1. The Balaban J connectivity index is 1.99. The van der Waals surface area contributed by atoms with Crippen LogP contribution in [0.4, 0.5) is 5.69 Å². The van der Waals surface area contributed by atoms with Crippen LogP contribution in [-0.4, -0.2) is 32.3 Å². The van der Waals surface area contributed by atoms with E-state index in [-0.39, 0.29) is 12.3 Å². The fourth-order valence-corrected chi connectivity index (χ4v) is 3.19. The smallest absolute Gasteiger partial charge is 0.189 e. The van der Waals surface area contributed by atoms with Gasteiger partial charge in [-0.1, -0.05) is 12.1 Å². The minimum Gasteiger partial charge on any atom is -0.493 e. The van der Waals surface area contributed by atoms with Crippen molar-refractivity contribution in [1.82, 2.24) is 0 Å². The lowest BCUT2D eigenvalue weighted by molar-refractivity contribution is 0.0940. The van der Waals surface area contributed by atoms with Crippen LogP contribution in [0, 0.1) is 0 Å². The van der Waals surface area contributed by atoms with Gasteiger partial charge in [0.15, 0.2) is 23.0 Å². The predicted octanol–water partition coefficient (Wildman–Crippen LogP) is 3.81. The number of nitrogens with zero attached hydrogens (tertiary/aromatic N) is 1. The molecule has 3 rings (SSSR count). The van der Waals surface area contributed by atoms with E-state index in [1.54, 1.807) is 36.1 Å². The summed E-state index contributed by atoms with van der Waals surface area (Å²) < 4.78 is 10.9. The van der Waals surface area contributed by atoms with E-state index in [2.05, 4.69) is 0 Å².